The highest BCUT2D eigenvalue weighted by molar-refractivity contribution is 5.75. The number of amides is 1. The number of hydrogen-bond donors (Lipinski definition) is 2. The lowest BCUT2D eigenvalue weighted by molar-refractivity contribution is -0.122. The molecular formula is C12H15N5O3. The minimum Gasteiger partial charge on any atom is -0.350 e. The highest BCUT2D eigenvalue weighted by Crippen LogP contribution is 1.90. The molecule has 2 N–H and O–H groups in total. The second-order valence-electron chi connectivity index (χ2n) is 4.43. The summed E-state index contributed by atoms with van der Waals surface area (Å²) in [7, 11) is 0. The van der Waals surface area contributed by atoms with Crippen LogP contribution in [0.4, 0.5) is 0 Å². The van der Waals surface area contributed by atoms with Crippen molar-refractivity contribution in [3.05, 3.63) is 51.3 Å². The number of carbonyl (C=O) groups is 1. The number of aromatic nitrogens is 4. The Bertz CT molecular complexity index is 686. The van der Waals surface area contributed by atoms with Crippen LogP contribution in [0.15, 0.2) is 40.2 Å². The molecule has 2 aromatic heterocycles. The average Bonchev–Trinajstić information content (AvgIpc) is 2.86. The van der Waals surface area contributed by atoms with Crippen LogP contribution in [0, 0.1) is 0 Å². The molecule has 0 spiro atoms. The summed E-state index contributed by atoms with van der Waals surface area (Å²) >= 11 is 0. The van der Waals surface area contributed by atoms with Gasteiger partial charge in [-0.2, -0.15) is 5.10 Å². The standard InChI is InChI=1S/C12H15N5O3/c1-9(7-16-6-2-5-13-16)14-11(19)8-17-12(20)4-3-10(18)15-17/h2-6,9H,7-8H2,1H3,(H,14,19)(H,15,18)/t9-/m1/s1. The molecule has 0 bridgehead atoms. The van der Waals surface area contributed by atoms with E-state index >= 15 is 0 Å². The van der Waals surface area contributed by atoms with Crippen LogP contribution in [-0.4, -0.2) is 31.5 Å². The molecule has 2 aromatic rings. The molecule has 2 heterocycles. The van der Waals surface area contributed by atoms with Crippen molar-refractivity contribution >= 4 is 5.91 Å². The van der Waals surface area contributed by atoms with Crippen molar-refractivity contribution in [1.82, 2.24) is 24.9 Å². The van der Waals surface area contributed by atoms with Crippen LogP contribution in [0.5, 0.6) is 0 Å². The highest BCUT2D eigenvalue weighted by atomic mass is 16.2. The van der Waals surface area contributed by atoms with Crippen molar-refractivity contribution < 1.29 is 4.79 Å². The van der Waals surface area contributed by atoms with Crippen LogP contribution in [0.25, 0.3) is 0 Å². The fourth-order valence-electron chi connectivity index (χ4n) is 1.78. The summed E-state index contributed by atoms with van der Waals surface area (Å²) in [5.74, 6) is -0.353. The molecule has 0 aliphatic carbocycles. The topological polar surface area (TPSA) is 102 Å². The first-order valence-electron chi connectivity index (χ1n) is 6.11. The Kier molecular flexibility index (Phi) is 4.14. The number of nitrogens with one attached hydrogen (secondary N) is 2. The third kappa shape index (κ3) is 3.67. The van der Waals surface area contributed by atoms with E-state index in [0.717, 1.165) is 16.8 Å². The third-order valence-electron chi connectivity index (χ3n) is 2.62. The predicted molar refractivity (Wildman–Crippen MR) is 71.2 cm³/mol. The van der Waals surface area contributed by atoms with Gasteiger partial charge in [0.1, 0.15) is 6.54 Å². The van der Waals surface area contributed by atoms with Crippen molar-refractivity contribution in [2.24, 2.45) is 0 Å². The maximum absolute atomic E-state index is 11.8. The quantitative estimate of drug-likeness (QED) is 0.727. The van der Waals surface area contributed by atoms with Gasteiger partial charge in [-0.05, 0) is 13.0 Å². The molecule has 8 nitrogen and oxygen atoms in total. The van der Waals surface area contributed by atoms with Gasteiger partial charge in [-0.25, -0.2) is 4.68 Å². The van der Waals surface area contributed by atoms with E-state index < -0.39 is 11.1 Å². The maximum Gasteiger partial charge on any atom is 0.265 e. The summed E-state index contributed by atoms with van der Waals surface area (Å²) in [6.45, 7) is 2.13. The highest BCUT2D eigenvalue weighted by Gasteiger charge is 2.09. The van der Waals surface area contributed by atoms with Gasteiger partial charge in [0, 0.05) is 30.6 Å². The zero-order valence-electron chi connectivity index (χ0n) is 10.9. The van der Waals surface area contributed by atoms with E-state index in [4.69, 9.17) is 0 Å². The largest absolute Gasteiger partial charge is 0.350 e. The van der Waals surface area contributed by atoms with Crippen LogP contribution in [0.1, 0.15) is 6.92 Å². The lowest BCUT2D eigenvalue weighted by Crippen LogP contribution is -2.41. The van der Waals surface area contributed by atoms with E-state index in [0.29, 0.717) is 6.54 Å². The minimum absolute atomic E-state index is 0.145. The number of H-pyrrole nitrogens is 1. The number of aromatic amines is 1. The minimum atomic E-state index is -0.431. The SMILES string of the molecule is C[C@H](Cn1cccn1)NC(=O)Cn1[nH]c(=O)ccc1=O. The van der Waals surface area contributed by atoms with Crippen LogP contribution in [-0.2, 0) is 17.9 Å². The van der Waals surface area contributed by atoms with Crippen LogP contribution < -0.4 is 16.4 Å². The molecular weight excluding hydrogens is 262 g/mol. The number of nitrogens with zero attached hydrogens (tertiary/aromatic N) is 3. The fraction of sp³-hybridized carbons (Fsp3) is 0.333. The number of hydrogen-bond acceptors (Lipinski definition) is 4. The van der Waals surface area contributed by atoms with Gasteiger partial charge in [-0.1, -0.05) is 0 Å². The molecule has 0 unspecified atom stereocenters. The zero-order chi connectivity index (χ0) is 14.5. The Hall–Kier alpha value is -2.64. The van der Waals surface area contributed by atoms with Crippen LogP contribution in [0.2, 0.25) is 0 Å². The Balaban J connectivity index is 1.93. The van der Waals surface area contributed by atoms with Crippen molar-refractivity contribution in [1.29, 1.82) is 0 Å². The van der Waals surface area contributed by atoms with Gasteiger partial charge in [-0.15, -0.1) is 0 Å². The van der Waals surface area contributed by atoms with E-state index in [-0.39, 0.29) is 18.5 Å². The van der Waals surface area contributed by atoms with E-state index in [9.17, 15) is 14.4 Å². The Morgan fingerprint density at radius 1 is 1.45 bits per heavy atom. The summed E-state index contributed by atoms with van der Waals surface area (Å²) in [5.41, 5.74) is -0.860. The molecule has 0 aromatic carbocycles. The number of rotatable bonds is 5. The maximum atomic E-state index is 11.8. The second kappa shape index (κ2) is 6.00. The molecule has 20 heavy (non-hydrogen) atoms. The molecule has 0 fully saturated rings. The first kappa shape index (κ1) is 13.8. The van der Waals surface area contributed by atoms with Crippen molar-refractivity contribution in [3.8, 4) is 0 Å². The summed E-state index contributed by atoms with van der Waals surface area (Å²) in [5, 5.41) is 9.06. The fourth-order valence-corrected chi connectivity index (χ4v) is 1.78. The Labute approximate surface area is 114 Å². The van der Waals surface area contributed by atoms with Gasteiger partial charge < -0.3 is 5.32 Å². The van der Waals surface area contributed by atoms with Crippen LogP contribution in [0.3, 0.4) is 0 Å². The van der Waals surface area contributed by atoms with E-state index in [1.807, 2.05) is 6.92 Å². The first-order valence-corrected chi connectivity index (χ1v) is 6.11. The van der Waals surface area contributed by atoms with E-state index in [2.05, 4.69) is 15.5 Å². The first-order chi connectivity index (χ1) is 9.54. The molecule has 8 heteroatoms. The van der Waals surface area contributed by atoms with E-state index in [1.165, 1.54) is 0 Å². The van der Waals surface area contributed by atoms with Crippen molar-refractivity contribution in [2.45, 2.75) is 26.1 Å². The second-order valence-corrected chi connectivity index (χ2v) is 4.43. The van der Waals surface area contributed by atoms with Crippen LogP contribution >= 0.6 is 0 Å². The normalized spacial score (nSPS) is 12.1. The smallest absolute Gasteiger partial charge is 0.265 e. The summed E-state index contributed by atoms with van der Waals surface area (Å²) in [6.07, 6.45) is 3.45. The lowest BCUT2D eigenvalue weighted by Gasteiger charge is -2.14. The molecule has 0 saturated heterocycles. The summed E-state index contributed by atoms with van der Waals surface area (Å²) in [4.78, 5) is 34.3. The Morgan fingerprint density at radius 3 is 2.95 bits per heavy atom. The van der Waals surface area contributed by atoms with E-state index in [1.54, 1.807) is 23.1 Å². The Morgan fingerprint density at radius 2 is 2.25 bits per heavy atom. The van der Waals surface area contributed by atoms with Gasteiger partial charge >= 0.3 is 0 Å². The molecule has 1 amide bonds. The molecule has 0 aliphatic rings. The third-order valence-corrected chi connectivity index (χ3v) is 2.62. The molecule has 0 radical (unpaired) electrons. The summed E-state index contributed by atoms with van der Waals surface area (Å²) in [6, 6.07) is 3.90. The molecule has 0 aliphatic heterocycles. The average molecular weight is 277 g/mol. The van der Waals surface area contributed by atoms with Crippen molar-refractivity contribution in [2.75, 3.05) is 0 Å². The molecule has 106 valence electrons. The predicted octanol–water partition coefficient (Wildman–Crippen LogP) is -1.06. The van der Waals surface area contributed by atoms with Gasteiger partial charge in [-0.3, -0.25) is 24.2 Å². The van der Waals surface area contributed by atoms with Gasteiger partial charge in [0.05, 0.1) is 6.54 Å². The van der Waals surface area contributed by atoms with Gasteiger partial charge in [0.2, 0.25) is 5.91 Å². The molecule has 1 atom stereocenters. The molecule has 0 saturated carbocycles. The molecule has 2 rings (SSSR count). The van der Waals surface area contributed by atoms with Crippen molar-refractivity contribution in [3.63, 3.8) is 0 Å². The number of carbonyl (C=O) groups excluding carboxylic acids is 1. The van der Waals surface area contributed by atoms with Gasteiger partial charge in [0.15, 0.2) is 0 Å². The summed E-state index contributed by atoms with van der Waals surface area (Å²) < 4.78 is 2.67. The lowest BCUT2D eigenvalue weighted by atomic mass is 10.3. The zero-order valence-corrected chi connectivity index (χ0v) is 10.9. The monoisotopic (exact) mass is 277 g/mol. The van der Waals surface area contributed by atoms with Gasteiger partial charge in [0.25, 0.3) is 11.1 Å².